The fourth-order valence-electron chi connectivity index (χ4n) is 2.65. The van der Waals surface area contributed by atoms with Gasteiger partial charge in [-0.25, -0.2) is 0 Å². The highest BCUT2D eigenvalue weighted by Crippen LogP contribution is 2.29. The smallest absolute Gasteiger partial charge is 0.253 e. The maximum atomic E-state index is 12.2. The summed E-state index contributed by atoms with van der Waals surface area (Å²) in [4.78, 5) is 25.7. The van der Waals surface area contributed by atoms with Gasteiger partial charge in [-0.2, -0.15) is 5.10 Å². The zero-order valence-electron chi connectivity index (χ0n) is 11.2. The summed E-state index contributed by atoms with van der Waals surface area (Å²) in [5.74, 6) is -0.178. The summed E-state index contributed by atoms with van der Waals surface area (Å²) in [5, 5.41) is 7.27. The van der Waals surface area contributed by atoms with Crippen LogP contribution in [0, 0.1) is 0 Å². The van der Waals surface area contributed by atoms with Gasteiger partial charge in [0.25, 0.3) is 5.91 Å². The molecule has 0 aromatic carbocycles. The van der Waals surface area contributed by atoms with Gasteiger partial charge in [0.1, 0.15) is 0 Å². The van der Waals surface area contributed by atoms with E-state index in [4.69, 9.17) is 0 Å². The van der Waals surface area contributed by atoms with E-state index in [1.165, 1.54) is 24.0 Å². The molecule has 6 heteroatoms. The van der Waals surface area contributed by atoms with Crippen LogP contribution in [0.4, 0.5) is 0 Å². The molecule has 3 rings (SSSR count). The molecule has 2 heterocycles. The van der Waals surface area contributed by atoms with Gasteiger partial charge in [0.15, 0.2) is 0 Å². The summed E-state index contributed by atoms with van der Waals surface area (Å²) < 4.78 is 1.87. The summed E-state index contributed by atoms with van der Waals surface area (Å²) in [6, 6.07) is 2.87. The number of pyridine rings is 1. The number of fused-ring (bicyclic) bond motifs is 1. The van der Waals surface area contributed by atoms with Crippen LogP contribution in [0.1, 0.15) is 40.5 Å². The van der Waals surface area contributed by atoms with Gasteiger partial charge in [0.2, 0.25) is 5.56 Å². The van der Waals surface area contributed by atoms with Crippen LogP contribution in [0.25, 0.3) is 0 Å². The average molecular weight is 272 g/mol. The molecule has 0 aliphatic heterocycles. The first-order valence-corrected chi connectivity index (χ1v) is 6.65. The molecule has 1 atom stereocenters. The highest BCUT2D eigenvalue weighted by molar-refractivity contribution is 5.94. The zero-order chi connectivity index (χ0) is 14.1. The summed E-state index contributed by atoms with van der Waals surface area (Å²) in [7, 11) is 1.92. The molecule has 0 bridgehead atoms. The Morgan fingerprint density at radius 2 is 2.35 bits per heavy atom. The maximum Gasteiger partial charge on any atom is 0.253 e. The number of rotatable bonds is 2. The number of carbonyl (C=O) groups excluding carboxylic acids is 1. The molecule has 0 saturated heterocycles. The number of aromatic nitrogens is 3. The highest BCUT2D eigenvalue weighted by atomic mass is 16.2. The molecule has 1 aliphatic carbocycles. The molecule has 1 amide bonds. The van der Waals surface area contributed by atoms with Gasteiger partial charge in [0, 0.05) is 30.6 Å². The van der Waals surface area contributed by atoms with Crippen molar-refractivity contribution in [3.8, 4) is 0 Å². The number of amides is 1. The number of hydrogen-bond acceptors (Lipinski definition) is 3. The Morgan fingerprint density at radius 1 is 1.50 bits per heavy atom. The van der Waals surface area contributed by atoms with Crippen LogP contribution in [0.15, 0.2) is 29.3 Å². The second-order valence-electron chi connectivity index (χ2n) is 5.03. The molecular formula is C14H16N4O2. The van der Waals surface area contributed by atoms with Gasteiger partial charge in [-0.15, -0.1) is 0 Å². The average Bonchev–Trinajstić information content (AvgIpc) is 2.82. The standard InChI is InChI=1S/C14H16N4O2/c1-18-12-4-2-3-11(10(12)8-16-18)17-14(20)9-5-6-13(19)15-7-9/h5-8,11H,2-4H2,1H3,(H,15,19)(H,17,20)/t11-/m1/s1. The van der Waals surface area contributed by atoms with E-state index in [2.05, 4.69) is 15.4 Å². The second kappa shape index (κ2) is 4.96. The van der Waals surface area contributed by atoms with Crippen molar-refractivity contribution >= 4 is 5.91 Å². The number of carbonyl (C=O) groups is 1. The molecule has 0 saturated carbocycles. The summed E-state index contributed by atoms with van der Waals surface area (Å²) in [6.07, 6.45) is 6.20. The third-order valence-electron chi connectivity index (χ3n) is 3.73. The Morgan fingerprint density at radius 3 is 3.10 bits per heavy atom. The molecule has 1 aliphatic rings. The molecule has 2 aromatic rings. The molecule has 0 radical (unpaired) electrons. The fraction of sp³-hybridized carbons (Fsp3) is 0.357. The van der Waals surface area contributed by atoms with Gasteiger partial charge in [-0.1, -0.05) is 0 Å². The number of nitrogens with one attached hydrogen (secondary N) is 2. The fourth-order valence-corrected chi connectivity index (χ4v) is 2.65. The van der Waals surface area contributed by atoms with Crippen molar-refractivity contribution in [3.63, 3.8) is 0 Å². The van der Waals surface area contributed by atoms with Gasteiger partial charge in [-0.3, -0.25) is 14.3 Å². The molecule has 0 spiro atoms. The molecule has 0 unspecified atom stereocenters. The third kappa shape index (κ3) is 2.24. The van der Waals surface area contributed by atoms with Crippen LogP contribution < -0.4 is 10.9 Å². The summed E-state index contributed by atoms with van der Waals surface area (Å²) in [6.45, 7) is 0. The van der Waals surface area contributed by atoms with Crippen LogP contribution >= 0.6 is 0 Å². The van der Waals surface area contributed by atoms with E-state index in [1.807, 2.05) is 17.9 Å². The normalized spacial score (nSPS) is 17.6. The Hall–Kier alpha value is -2.37. The van der Waals surface area contributed by atoms with Gasteiger partial charge >= 0.3 is 0 Å². The van der Waals surface area contributed by atoms with E-state index in [9.17, 15) is 9.59 Å². The van der Waals surface area contributed by atoms with Crippen molar-refractivity contribution in [2.24, 2.45) is 7.05 Å². The first kappa shape index (κ1) is 12.7. The lowest BCUT2D eigenvalue weighted by molar-refractivity contribution is 0.0932. The van der Waals surface area contributed by atoms with E-state index in [1.54, 1.807) is 0 Å². The third-order valence-corrected chi connectivity index (χ3v) is 3.73. The van der Waals surface area contributed by atoms with Crippen LogP contribution in [0.5, 0.6) is 0 Å². The second-order valence-corrected chi connectivity index (χ2v) is 5.03. The first-order chi connectivity index (χ1) is 9.65. The summed E-state index contributed by atoms with van der Waals surface area (Å²) in [5.41, 5.74) is 2.52. The Labute approximate surface area is 115 Å². The zero-order valence-corrected chi connectivity index (χ0v) is 11.2. The Balaban J connectivity index is 1.80. The first-order valence-electron chi connectivity index (χ1n) is 6.65. The highest BCUT2D eigenvalue weighted by Gasteiger charge is 2.25. The van der Waals surface area contributed by atoms with Crippen molar-refractivity contribution in [2.75, 3.05) is 0 Å². The lowest BCUT2D eigenvalue weighted by Gasteiger charge is -2.23. The molecule has 2 N–H and O–H groups in total. The monoisotopic (exact) mass is 272 g/mol. The quantitative estimate of drug-likeness (QED) is 0.853. The van der Waals surface area contributed by atoms with Crippen molar-refractivity contribution in [2.45, 2.75) is 25.3 Å². The number of H-pyrrole nitrogens is 1. The Bertz CT molecular complexity index is 681. The van der Waals surface area contributed by atoms with Crippen molar-refractivity contribution in [1.82, 2.24) is 20.1 Å². The van der Waals surface area contributed by atoms with Gasteiger partial charge in [0.05, 0.1) is 17.8 Å². The topological polar surface area (TPSA) is 79.8 Å². The molecular weight excluding hydrogens is 256 g/mol. The molecule has 20 heavy (non-hydrogen) atoms. The Kier molecular flexibility index (Phi) is 3.14. The number of aromatic amines is 1. The number of aryl methyl sites for hydroxylation is 1. The van der Waals surface area contributed by atoms with Crippen molar-refractivity contribution < 1.29 is 4.79 Å². The maximum absolute atomic E-state index is 12.2. The van der Waals surface area contributed by atoms with E-state index < -0.39 is 0 Å². The van der Waals surface area contributed by atoms with Crippen LogP contribution in [0.2, 0.25) is 0 Å². The minimum absolute atomic E-state index is 0.00752. The minimum Gasteiger partial charge on any atom is -0.345 e. The minimum atomic E-state index is -0.214. The molecule has 0 fully saturated rings. The van der Waals surface area contributed by atoms with E-state index >= 15 is 0 Å². The van der Waals surface area contributed by atoms with Crippen LogP contribution in [-0.2, 0) is 13.5 Å². The SMILES string of the molecule is Cn1ncc2c1CCC[C@H]2NC(=O)c1ccc(=O)[nH]c1. The summed E-state index contributed by atoms with van der Waals surface area (Å²) >= 11 is 0. The van der Waals surface area contributed by atoms with E-state index in [0.717, 1.165) is 24.8 Å². The van der Waals surface area contributed by atoms with Crippen molar-refractivity contribution in [3.05, 3.63) is 51.7 Å². The number of nitrogens with zero attached hydrogens (tertiary/aromatic N) is 2. The largest absolute Gasteiger partial charge is 0.345 e. The van der Waals surface area contributed by atoms with E-state index in [0.29, 0.717) is 5.56 Å². The van der Waals surface area contributed by atoms with Crippen LogP contribution in [0.3, 0.4) is 0 Å². The van der Waals surface area contributed by atoms with Gasteiger partial charge < -0.3 is 10.3 Å². The predicted molar refractivity (Wildman–Crippen MR) is 73.4 cm³/mol. The van der Waals surface area contributed by atoms with Gasteiger partial charge in [-0.05, 0) is 25.3 Å². The molecule has 104 valence electrons. The lowest BCUT2D eigenvalue weighted by Crippen LogP contribution is -2.31. The molecule has 6 nitrogen and oxygen atoms in total. The van der Waals surface area contributed by atoms with Crippen molar-refractivity contribution in [1.29, 1.82) is 0 Å². The molecule has 2 aromatic heterocycles. The lowest BCUT2D eigenvalue weighted by atomic mass is 9.93. The van der Waals surface area contributed by atoms with E-state index in [-0.39, 0.29) is 17.5 Å². The number of hydrogen-bond donors (Lipinski definition) is 2. The predicted octanol–water partition coefficient (Wildman–Crippen LogP) is 0.916. The van der Waals surface area contributed by atoms with Crippen LogP contribution in [-0.4, -0.2) is 20.7 Å².